The molecular formula is C19H21NO2S. The Morgan fingerprint density at radius 1 is 0.957 bits per heavy atom. The predicted molar refractivity (Wildman–Crippen MR) is 96.3 cm³/mol. The second-order valence-electron chi connectivity index (χ2n) is 5.50. The summed E-state index contributed by atoms with van der Waals surface area (Å²) < 4.78 is 0. The van der Waals surface area contributed by atoms with Gasteiger partial charge in [-0.2, -0.15) is 0 Å². The number of aryl methyl sites for hydroxylation is 2. The molecule has 0 aliphatic heterocycles. The highest BCUT2D eigenvalue weighted by Crippen LogP contribution is 2.18. The van der Waals surface area contributed by atoms with E-state index in [2.05, 4.69) is 5.32 Å². The fourth-order valence-electron chi connectivity index (χ4n) is 2.18. The van der Waals surface area contributed by atoms with Gasteiger partial charge in [-0.1, -0.05) is 12.1 Å². The Labute approximate surface area is 141 Å². The summed E-state index contributed by atoms with van der Waals surface area (Å²) in [5.74, 6) is -0.139. The Morgan fingerprint density at radius 2 is 1.65 bits per heavy atom. The first kappa shape index (κ1) is 17.3. The number of amides is 1. The fraction of sp³-hybridized carbons (Fsp3) is 0.263. The number of thioether (sulfide) groups is 1. The molecule has 0 saturated heterocycles. The number of nitrogens with one attached hydrogen (secondary N) is 1. The van der Waals surface area contributed by atoms with Crippen LogP contribution < -0.4 is 5.32 Å². The van der Waals surface area contributed by atoms with Crippen molar-refractivity contribution in [3.05, 3.63) is 59.2 Å². The lowest BCUT2D eigenvalue weighted by atomic mass is 10.0. The Hall–Kier alpha value is -2.07. The van der Waals surface area contributed by atoms with Gasteiger partial charge in [0, 0.05) is 29.0 Å². The van der Waals surface area contributed by atoms with Gasteiger partial charge in [-0.15, -0.1) is 11.8 Å². The number of hydrogen-bond donors (Lipinski definition) is 1. The third-order valence-electron chi connectivity index (χ3n) is 3.78. The van der Waals surface area contributed by atoms with E-state index in [1.165, 1.54) is 0 Å². The molecule has 1 amide bonds. The van der Waals surface area contributed by atoms with Crippen LogP contribution in [-0.4, -0.2) is 17.9 Å². The molecule has 0 saturated carbocycles. The number of rotatable bonds is 6. The van der Waals surface area contributed by atoms with E-state index in [-0.39, 0.29) is 24.5 Å². The largest absolute Gasteiger partial charge is 0.326 e. The van der Waals surface area contributed by atoms with Gasteiger partial charge in [0.15, 0.2) is 5.78 Å². The van der Waals surface area contributed by atoms with E-state index < -0.39 is 0 Å². The van der Waals surface area contributed by atoms with E-state index >= 15 is 0 Å². The lowest BCUT2D eigenvalue weighted by Gasteiger charge is -2.07. The molecule has 0 aliphatic carbocycles. The van der Waals surface area contributed by atoms with E-state index in [9.17, 15) is 9.59 Å². The Balaban J connectivity index is 1.87. The molecule has 0 aromatic heterocycles. The maximum absolute atomic E-state index is 12.2. The summed E-state index contributed by atoms with van der Waals surface area (Å²) in [7, 11) is 0. The molecule has 0 radical (unpaired) electrons. The van der Waals surface area contributed by atoms with Gasteiger partial charge >= 0.3 is 0 Å². The molecule has 0 fully saturated rings. The van der Waals surface area contributed by atoms with Crippen molar-refractivity contribution in [3.8, 4) is 0 Å². The number of Topliss-reactive ketones (excluding diaryl/α,β-unsaturated/α-hetero) is 1. The predicted octanol–water partition coefficient (Wildman–Crippen LogP) is 4.63. The Morgan fingerprint density at radius 3 is 2.26 bits per heavy atom. The number of carbonyl (C=O) groups is 2. The van der Waals surface area contributed by atoms with Gasteiger partial charge in [-0.25, -0.2) is 0 Å². The second-order valence-corrected chi connectivity index (χ2v) is 6.38. The van der Waals surface area contributed by atoms with Crippen molar-refractivity contribution in [1.29, 1.82) is 0 Å². The number of ketones is 1. The molecular weight excluding hydrogens is 306 g/mol. The van der Waals surface area contributed by atoms with E-state index in [4.69, 9.17) is 0 Å². The highest BCUT2D eigenvalue weighted by Gasteiger charge is 2.10. The van der Waals surface area contributed by atoms with Crippen LogP contribution in [0.15, 0.2) is 47.4 Å². The van der Waals surface area contributed by atoms with Gasteiger partial charge < -0.3 is 5.32 Å². The summed E-state index contributed by atoms with van der Waals surface area (Å²) in [6.07, 6.45) is 2.42. The molecule has 120 valence electrons. The summed E-state index contributed by atoms with van der Waals surface area (Å²) in [4.78, 5) is 25.3. The van der Waals surface area contributed by atoms with Gasteiger partial charge in [0.2, 0.25) is 5.91 Å². The minimum Gasteiger partial charge on any atom is -0.326 e. The van der Waals surface area contributed by atoms with E-state index in [0.717, 1.165) is 21.7 Å². The van der Waals surface area contributed by atoms with Crippen molar-refractivity contribution in [2.75, 3.05) is 11.6 Å². The van der Waals surface area contributed by atoms with Crippen LogP contribution >= 0.6 is 11.8 Å². The molecule has 2 rings (SSSR count). The second kappa shape index (κ2) is 7.97. The highest BCUT2D eigenvalue weighted by molar-refractivity contribution is 7.98. The van der Waals surface area contributed by atoms with Gasteiger partial charge in [-0.05, 0) is 61.6 Å². The number of benzene rings is 2. The summed E-state index contributed by atoms with van der Waals surface area (Å²) in [5.41, 5.74) is 3.68. The zero-order chi connectivity index (χ0) is 16.8. The summed E-state index contributed by atoms with van der Waals surface area (Å²) in [5, 5.41) is 2.82. The molecule has 3 nitrogen and oxygen atoms in total. The molecule has 2 aromatic rings. The number of carbonyl (C=O) groups excluding carboxylic acids is 2. The molecule has 0 spiro atoms. The molecule has 0 unspecified atom stereocenters. The lowest BCUT2D eigenvalue weighted by molar-refractivity contribution is -0.116. The minimum absolute atomic E-state index is 0.000908. The van der Waals surface area contributed by atoms with Crippen molar-refractivity contribution < 1.29 is 9.59 Å². The van der Waals surface area contributed by atoms with Crippen LogP contribution in [0.3, 0.4) is 0 Å². The summed E-state index contributed by atoms with van der Waals surface area (Å²) in [6.45, 7) is 4.00. The molecule has 23 heavy (non-hydrogen) atoms. The molecule has 4 heteroatoms. The standard InChI is InChI=1S/C19H21NO2S/c1-13-4-5-15(12-14(13)2)18(21)10-11-19(22)20-16-6-8-17(23-3)9-7-16/h4-9,12H,10-11H2,1-3H3,(H,20,22). The summed E-state index contributed by atoms with van der Waals surface area (Å²) in [6, 6.07) is 13.3. The zero-order valence-corrected chi connectivity index (χ0v) is 14.5. The van der Waals surface area contributed by atoms with Crippen LogP contribution in [0.5, 0.6) is 0 Å². The first-order chi connectivity index (χ1) is 11.0. The Bertz CT molecular complexity index is 708. The van der Waals surface area contributed by atoms with Crippen molar-refractivity contribution in [1.82, 2.24) is 0 Å². The maximum Gasteiger partial charge on any atom is 0.224 e. The van der Waals surface area contributed by atoms with Crippen molar-refractivity contribution >= 4 is 29.1 Å². The topological polar surface area (TPSA) is 46.2 Å². The number of anilines is 1. The fourth-order valence-corrected chi connectivity index (χ4v) is 2.59. The van der Waals surface area contributed by atoms with Gasteiger partial charge in [0.25, 0.3) is 0 Å². The summed E-state index contributed by atoms with van der Waals surface area (Å²) >= 11 is 1.65. The van der Waals surface area contributed by atoms with Crippen molar-refractivity contribution in [2.45, 2.75) is 31.6 Å². The van der Waals surface area contributed by atoms with Crippen LogP contribution in [0.4, 0.5) is 5.69 Å². The molecule has 0 aliphatic rings. The average Bonchev–Trinajstić information content (AvgIpc) is 2.56. The zero-order valence-electron chi connectivity index (χ0n) is 13.7. The Kier molecular flexibility index (Phi) is 5.99. The third-order valence-corrected chi connectivity index (χ3v) is 4.53. The molecule has 0 atom stereocenters. The average molecular weight is 327 g/mol. The SMILES string of the molecule is CSc1ccc(NC(=O)CCC(=O)c2ccc(C)c(C)c2)cc1. The van der Waals surface area contributed by atoms with Crippen LogP contribution in [0.25, 0.3) is 0 Å². The van der Waals surface area contributed by atoms with E-state index in [1.54, 1.807) is 11.8 Å². The first-order valence-electron chi connectivity index (χ1n) is 7.54. The van der Waals surface area contributed by atoms with Crippen molar-refractivity contribution in [3.63, 3.8) is 0 Å². The number of hydrogen-bond acceptors (Lipinski definition) is 3. The van der Waals surface area contributed by atoms with Crippen LogP contribution in [0.1, 0.15) is 34.3 Å². The van der Waals surface area contributed by atoms with Gasteiger partial charge in [-0.3, -0.25) is 9.59 Å². The molecule has 0 bridgehead atoms. The van der Waals surface area contributed by atoms with E-state index in [1.807, 2.05) is 62.6 Å². The quantitative estimate of drug-likeness (QED) is 0.621. The third kappa shape index (κ3) is 4.96. The minimum atomic E-state index is -0.140. The van der Waals surface area contributed by atoms with Crippen LogP contribution in [0.2, 0.25) is 0 Å². The smallest absolute Gasteiger partial charge is 0.224 e. The lowest BCUT2D eigenvalue weighted by Crippen LogP contribution is -2.13. The normalized spacial score (nSPS) is 10.4. The molecule has 0 heterocycles. The molecule has 1 N–H and O–H groups in total. The monoisotopic (exact) mass is 327 g/mol. The van der Waals surface area contributed by atoms with Gasteiger partial charge in [0.05, 0.1) is 0 Å². The highest BCUT2D eigenvalue weighted by atomic mass is 32.2. The van der Waals surface area contributed by atoms with Gasteiger partial charge in [0.1, 0.15) is 0 Å². The van der Waals surface area contributed by atoms with Crippen LogP contribution in [-0.2, 0) is 4.79 Å². The maximum atomic E-state index is 12.2. The first-order valence-corrected chi connectivity index (χ1v) is 8.76. The van der Waals surface area contributed by atoms with E-state index in [0.29, 0.717) is 5.56 Å². The van der Waals surface area contributed by atoms with Crippen LogP contribution in [0, 0.1) is 13.8 Å². The molecule has 2 aromatic carbocycles. The van der Waals surface area contributed by atoms with Crippen molar-refractivity contribution in [2.24, 2.45) is 0 Å².